The van der Waals surface area contributed by atoms with Crippen LogP contribution in [0.2, 0.25) is 0 Å². The molecule has 0 fully saturated rings. The number of alkyl halides is 1. The quantitative estimate of drug-likeness (QED) is 0.0288. The zero-order valence-corrected chi connectivity index (χ0v) is 40.3. The molecule has 0 unspecified atom stereocenters. The molecule has 0 aromatic heterocycles. The van der Waals surface area contributed by atoms with E-state index in [9.17, 15) is 10.2 Å². The first-order valence-corrected chi connectivity index (χ1v) is 22.9. The van der Waals surface area contributed by atoms with Gasteiger partial charge in [-0.15, -0.1) is 24.7 Å². The number of rotatable bonds is 13. The molecule has 0 heterocycles. The smallest absolute Gasteiger partial charge is 0.872 e. The molecular weight excluding hydrogens is 968 g/mol. The Kier molecular flexibility index (Phi) is 20.1. The van der Waals surface area contributed by atoms with E-state index in [1.54, 1.807) is 48.8 Å². The van der Waals surface area contributed by atoms with Crippen molar-refractivity contribution < 1.29 is 26.7 Å². The number of nitrogens with zero attached hydrogens (tertiary/aromatic N) is 3. The maximum atomic E-state index is 12.2. The van der Waals surface area contributed by atoms with Crippen LogP contribution < -0.4 is 10.2 Å². The topological polar surface area (TPSA) is 74.1 Å². The second-order valence-corrected chi connectivity index (χ2v) is 16.0. The molecule has 8 rings (SSSR count). The van der Waals surface area contributed by atoms with Crippen LogP contribution >= 0.6 is 22.6 Å². The first-order valence-electron chi connectivity index (χ1n) is 21.4. The van der Waals surface area contributed by atoms with Crippen molar-refractivity contribution in [2.24, 2.45) is 9.98 Å². The van der Waals surface area contributed by atoms with Gasteiger partial charge in [0.25, 0.3) is 0 Å². The van der Waals surface area contributed by atoms with Gasteiger partial charge in [-0.1, -0.05) is 205 Å². The zero-order valence-electron chi connectivity index (χ0n) is 37.2. The molecule has 0 aliphatic rings. The van der Waals surface area contributed by atoms with Crippen LogP contribution in [-0.2, 0) is 29.3 Å². The molecule has 0 aliphatic carbocycles. The summed E-state index contributed by atoms with van der Waals surface area (Å²) in [5.41, 5.74) is 13.7. The Bertz CT molecular complexity index is 2520. The Morgan fingerprint density at radius 1 is 0.455 bits per heavy atom. The van der Waals surface area contributed by atoms with Gasteiger partial charge in [0.15, 0.2) is 0 Å². The number of hydrogen-bond donors (Lipinski definition) is 0. The van der Waals surface area contributed by atoms with Crippen LogP contribution in [0.3, 0.4) is 0 Å². The molecule has 0 radical (unpaired) electrons. The summed E-state index contributed by atoms with van der Waals surface area (Å²) in [6.07, 6.45) is 8.71. The summed E-state index contributed by atoms with van der Waals surface area (Å²) in [5, 5.41) is 24.4. The van der Waals surface area contributed by atoms with Crippen LogP contribution in [0.5, 0.6) is 11.5 Å². The second kappa shape index (κ2) is 26.4. The molecule has 0 atom stereocenters. The molecule has 0 aliphatic heterocycles. The van der Waals surface area contributed by atoms with Crippen molar-refractivity contribution in [3.8, 4) is 56.0 Å². The van der Waals surface area contributed by atoms with Crippen LogP contribution in [0.15, 0.2) is 229 Å². The molecule has 0 N–H and O–H groups in total. The van der Waals surface area contributed by atoms with E-state index < -0.39 is 0 Å². The summed E-state index contributed by atoms with van der Waals surface area (Å²) < 4.78 is 1.11. The van der Waals surface area contributed by atoms with Gasteiger partial charge < -0.3 is 15.1 Å². The molecule has 0 saturated heterocycles. The van der Waals surface area contributed by atoms with Gasteiger partial charge in [-0.05, 0) is 95.7 Å². The third kappa shape index (κ3) is 14.2. The molecule has 5 nitrogen and oxygen atoms in total. The van der Waals surface area contributed by atoms with Gasteiger partial charge in [0.05, 0.1) is 11.4 Å². The van der Waals surface area contributed by atoms with Gasteiger partial charge in [0, 0.05) is 39.2 Å². The monoisotopic (exact) mass is 1020 g/mol. The van der Waals surface area contributed by atoms with Crippen molar-refractivity contribution >= 4 is 46.4 Å². The number of hydrogen-bond acceptors (Lipinski definition) is 5. The molecule has 66 heavy (non-hydrogen) atoms. The van der Waals surface area contributed by atoms with Crippen molar-refractivity contribution in [2.45, 2.75) is 12.8 Å². The van der Waals surface area contributed by atoms with Crippen LogP contribution in [0, 0.1) is 0 Å². The Morgan fingerprint density at radius 3 is 0.955 bits per heavy atom. The molecule has 0 amide bonds. The van der Waals surface area contributed by atoms with E-state index in [0.29, 0.717) is 11.1 Å². The Labute approximate surface area is 414 Å². The molecule has 0 bridgehead atoms. The van der Waals surface area contributed by atoms with Crippen molar-refractivity contribution in [3.05, 3.63) is 242 Å². The SMILES string of the molecule is C=CCc1cc(-c2ccccc2)c(N=Cc2ccccc2[O-])c(-c2ccccc2)c1.C=CCc1cc(-c2ccccc2)c(N=Cc2ccccc2[O-])c(-c2ccccc2)c1.CN(C)CI.[Ni+2]. The van der Waals surface area contributed by atoms with E-state index >= 15 is 0 Å². The summed E-state index contributed by atoms with van der Waals surface area (Å²) in [6.45, 7) is 7.81. The standard InChI is InChI=1S/2C28H23NO.C3H8IN.Ni/c2*1-2-11-21-18-25(22-12-5-3-6-13-22)28(26(19-21)23-14-7-4-8-15-23)29-20-24-16-9-10-17-27(24)30;1-5(2)3-4;/h2*2-10,12-20,30H,1,11H2;3H2,1-2H3;/q;;;+2/p-2. The number of para-hydroxylation sites is 2. The van der Waals surface area contributed by atoms with Gasteiger partial charge >= 0.3 is 16.5 Å². The van der Waals surface area contributed by atoms with Gasteiger partial charge in [-0.25, -0.2) is 0 Å². The average Bonchev–Trinajstić information content (AvgIpc) is 3.35. The van der Waals surface area contributed by atoms with E-state index in [2.05, 4.69) is 113 Å². The molecule has 0 saturated carbocycles. The minimum Gasteiger partial charge on any atom is -0.872 e. The summed E-state index contributed by atoms with van der Waals surface area (Å²) in [6, 6.07) is 63.5. The Hall–Kier alpha value is -6.64. The van der Waals surface area contributed by atoms with Gasteiger partial charge in [0.1, 0.15) is 0 Å². The van der Waals surface area contributed by atoms with Crippen molar-refractivity contribution in [2.75, 3.05) is 18.6 Å². The first-order chi connectivity index (χ1) is 31.8. The predicted octanol–water partition coefficient (Wildman–Crippen LogP) is 14.1. The van der Waals surface area contributed by atoms with Gasteiger partial charge in [-0.3, -0.25) is 9.98 Å². The summed E-state index contributed by atoms with van der Waals surface area (Å²) in [7, 11) is 4.10. The fourth-order valence-electron chi connectivity index (χ4n) is 7.03. The minimum atomic E-state index is -0.0351. The third-order valence-electron chi connectivity index (χ3n) is 10.2. The molecule has 8 aromatic rings. The van der Waals surface area contributed by atoms with Crippen molar-refractivity contribution in [3.63, 3.8) is 0 Å². The summed E-state index contributed by atoms with van der Waals surface area (Å²) in [4.78, 5) is 11.8. The normalized spacial score (nSPS) is 10.7. The Morgan fingerprint density at radius 2 is 0.712 bits per heavy atom. The van der Waals surface area contributed by atoms with Crippen molar-refractivity contribution in [1.29, 1.82) is 0 Å². The molecular formula is C59H52IN3NiO2. The summed E-state index contributed by atoms with van der Waals surface area (Å²) >= 11 is 2.30. The zero-order chi connectivity index (χ0) is 45.8. The van der Waals surface area contributed by atoms with Crippen LogP contribution in [0.4, 0.5) is 11.4 Å². The maximum Gasteiger partial charge on any atom is 2.00 e. The van der Waals surface area contributed by atoms with E-state index in [0.717, 1.165) is 73.3 Å². The van der Waals surface area contributed by atoms with E-state index in [1.165, 1.54) is 11.1 Å². The fourth-order valence-corrected chi connectivity index (χ4v) is 7.03. The molecule has 7 heteroatoms. The molecule has 0 spiro atoms. The van der Waals surface area contributed by atoms with Crippen LogP contribution in [-0.4, -0.2) is 36.0 Å². The van der Waals surface area contributed by atoms with E-state index in [1.807, 2.05) is 111 Å². The molecule has 332 valence electrons. The third-order valence-corrected chi connectivity index (χ3v) is 11.5. The predicted molar refractivity (Wildman–Crippen MR) is 281 cm³/mol. The van der Waals surface area contributed by atoms with Crippen LogP contribution in [0.1, 0.15) is 22.3 Å². The van der Waals surface area contributed by atoms with Gasteiger partial charge in [0.2, 0.25) is 0 Å². The second-order valence-electron chi connectivity index (χ2n) is 15.3. The first kappa shape index (κ1) is 50.4. The number of aliphatic imine (C=N–C) groups is 2. The summed E-state index contributed by atoms with van der Waals surface area (Å²) in [5.74, 6) is -0.0703. The van der Waals surface area contributed by atoms with Crippen molar-refractivity contribution in [1.82, 2.24) is 4.90 Å². The number of halogens is 1. The van der Waals surface area contributed by atoms with E-state index in [-0.39, 0.29) is 28.0 Å². The van der Waals surface area contributed by atoms with Crippen LogP contribution in [0.25, 0.3) is 44.5 Å². The van der Waals surface area contributed by atoms with Gasteiger partial charge in [-0.2, -0.15) is 0 Å². The minimum absolute atomic E-state index is 0. The number of benzene rings is 8. The fraction of sp³-hybridized carbons (Fsp3) is 0.0847. The van der Waals surface area contributed by atoms with E-state index in [4.69, 9.17) is 9.98 Å². The average molecular weight is 1020 g/mol. The Balaban J connectivity index is 0.000000222. The largest absolute Gasteiger partial charge is 2.00 e. The molecule has 8 aromatic carbocycles. The maximum absolute atomic E-state index is 12.2. The number of allylic oxidation sites excluding steroid dienone is 2.